The Hall–Kier alpha value is -0.0800. The van der Waals surface area contributed by atoms with Crippen LogP contribution < -0.4 is 5.32 Å². The van der Waals surface area contributed by atoms with Gasteiger partial charge >= 0.3 is 0 Å². The molecule has 1 aliphatic rings. The van der Waals surface area contributed by atoms with Crippen molar-refractivity contribution in [2.75, 3.05) is 26.7 Å². The average molecular weight is 254 g/mol. The maximum Gasteiger partial charge on any atom is 0.0107 e. The Labute approximate surface area is 115 Å². The summed E-state index contributed by atoms with van der Waals surface area (Å²) in [6, 6.07) is 0.869. The predicted molar refractivity (Wildman–Crippen MR) is 81.1 cm³/mol. The SMILES string of the molecule is CCCCC(CC)CNCCN(C)C1CCCC1. The molecule has 1 rings (SSSR count). The van der Waals surface area contributed by atoms with Gasteiger partial charge in [0, 0.05) is 19.1 Å². The molecule has 0 heterocycles. The van der Waals surface area contributed by atoms with E-state index in [0.29, 0.717) is 0 Å². The lowest BCUT2D eigenvalue weighted by atomic mass is 9.99. The number of nitrogens with zero attached hydrogens (tertiary/aromatic N) is 1. The number of rotatable bonds is 10. The van der Waals surface area contributed by atoms with Crippen LogP contribution in [0.5, 0.6) is 0 Å². The zero-order valence-electron chi connectivity index (χ0n) is 12.9. The van der Waals surface area contributed by atoms with E-state index in [1.54, 1.807) is 0 Å². The van der Waals surface area contributed by atoms with Gasteiger partial charge in [-0.15, -0.1) is 0 Å². The van der Waals surface area contributed by atoms with Crippen molar-refractivity contribution < 1.29 is 0 Å². The molecule has 1 atom stereocenters. The monoisotopic (exact) mass is 254 g/mol. The molecule has 0 saturated heterocycles. The van der Waals surface area contributed by atoms with E-state index in [1.807, 2.05) is 0 Å². The van der Waals surface area contributed by atoms with Gasteiger partial charge in [-0.25, -0.2) is 0 Å². The molecule has 0 amide bonds. The van der Waals surface area contributed by atoms with E-state index in [4.69, 9.17) is 0 Å². The minimum atomic E-state index is 0.869. The van der Waals surface area contributed by atoms with E-state index in [9.17, 15) is 0 Å². The van der Waals surface area contributed by atoms with Crippen LogP contribution in [0.3, 0.4) is 0 Å². The first-order chi connectivity index (χ1) is 8.77. The maximum absolute atomic E-state index is 3.66. The van der Waals surface area contributed by atoms with Gasteiger partial charge in [-0.3, -0.25) is 0 Å². The molecule has 2 heteroatoms. The van der Waals surface area contributed by atoms with Crippen LogP contribution in [0.4, 0.5) is 0 Å². The van der Waals surface area contributed by atoms with Crippen LogP contribution in [-0.2, 0) is 0 Å². The second-order valence-electron chi connectivity index (χ2n) is 6.04. The Balaban J connectivity index is 2.02. The number of likely N-dealkylation sites (N-methyl/N-ethyl adjacent to an activating group) is 1. The summed E-state index contributed by atoms with van der Waals surface area (Å²) in [5.74, 6) is 0.890. The lowest BCUT2D eigenvalue weighted by molar-refractivity contribution is 0.243. The largest absolute Gasteiger partial charge is 0.315 e. The van der Waals surface area contributed by atoms with Crippen molar-refractivity contribution >= 4 is 0 Å². The van der Waals surface area contributed by atoms with Crippen molar-refractivity contribution in [3.8, 4) is 0 Å². The van der Waals surface area contributed by atoms with Crippen molar-refractivity contribution in [1.82, 2.24) is 10.2 Å². The molecule has 0 aromatic rings. The molecule has 1 unspecified atom stereocenters. The van der Waals surface area contributed by atoms with E-state index in [2.05, 4.69) is 31.1 Å². The highest BCUT2D eigenvalue weighted by Gasteiger charge is 2.18. The predicted octanol–water partition coefficient (Wildman–Crippen LogP) is 3.67. The fourth-order valence-corrected chi connectivity index (χ4v) is 3.03. The Kier molecular flexibility index (Phi) is 8.70. The van der Waals surface area contributed by atoms with Crippen molar-refractivity contribution in [3.05, 3.63) is 0 Å². The quantitative estimate of drug-likeness (QED) is 0.598. The third-order valence-corrected chi connectivity index (χ3v) is 4.57. The lowest BCUT2D eigenvalue weighted by Crippen LogP contribution is -2.36. The summed E-state index contributed by atoms with van der Waals surface area (Å²) < 4.78 is 0. The van der Waals surface area contributed by atoms with Gasteiger partial charge in [-0.05, 0) is 38.8 Å². The number of unbranched alkanes of at least 4 members (excludes halogenated alkanes) is 1. The molecule has 0 aromatic heterocycles. The van der Waals surface area contributed by atoms with Crippen LogP contribution in [-0.4, -0.2) is 37.6 Å². The highest BCUT2D eigenvalue weighted by atomic mass is 15.1. The van der Waals surface area contributed by atoms with Gasteiger partial charge in [-0.1, -0.05) is 46.0 Å². The van der Waals surface area contributed by atoms with E-state index in [0.717, 1.165) is 18.5 Å². The molecule has 108 valence electrons. The van der Waals surface area contributed by atoms with Gasteiger partial charge in [-0.2, -0.15) is 0 Å². The van der Waals surface area contributed by atoms with Gasteiger partial charge in [0.15, 0.2) is 0 Å². The third kappa shape index (κ3) is 6.19. The van der Waals surface area contributed by atoms with Crippen LogP contribution in [0.25, 0.3) is 0 Å². The minimum absolute atomic E-state index is 0.869. The zero-order valence-corrected chi connectivity index (χ0v) is 12.9. The van der Waals surface area contributed by atoms with Gasteiger partial charge in [0.1, 0.15) is 0 Å². The molecular formula is C16H34N2. The lowest BCUT2D eigenvalue weighted by Gasteiger charge is -2.24. The molecule has 1 saturated carbocycles. The standard InChI is InChI=1S/C16H34N2/c1-4-6-9-15(5-2)14-17-12-13-18(3)16-10-7-8-11-16/h15-17H,4-14H2,1-3H3. The number of hydrogen-bond acceptors (Lipinski definition) is 2. The topological polar surface area (TPSA) is 15.3 Å². The molecule has 18 heavy (non-hydrogen) atoms. The third-order valence-electron chi connectivity index (χ3n) is 4.57. The summed E-state index contributed by atoms with van der Waals surface area (Å²) in [5.41, 5.74) is 0. The van der Waals surface area contributed by atoms with Crippen molar-refractivity contribution in [3.63, 3.8) is 0 Å². The van der Waals surface area contributed by atoms with Crippen molar-refractivity contribution in [2.24, 2.45) is 5.92 Å². The van der Waals surface area contributed by atoms with Crippen molar-refractivity contribution in [1.29, 1.82) is 0 Å². The van der Waals surface area contributed by atoms with Gasteiger partial charge in [0.05, 0.1) is 0 Å². The summed E-state index contributed by atoms with van der Waals surface area (Å²) in [6.45, 7) is 8.21. The first kappa shape index (κ1) is 16.0. The summed E-state index contributed by atoms with van der Waals surface area (Å²) in [7, 11) is 2.30. The molecule has 0 radical (unpaired) electrons. The highest BCUT2D eigenvalue weighted by molar-refractivity contribution is 4.75. The molecular weight excluding hydrogens is 220 g/mol. The second kappa shape index (κ2) is 9.80. The van der Waals surface area contributed by atoms with E-state index in [-0.39, 0.29) is 0 Å². The summed E-state index contributed by atoms with van der Waals surface area (Å²) in [6.07, 6.45) is 11.2. The van der Waals surface area contributed by atoms with E-state index in [1.165, 1.54) is 64.5 Å². The minimum Gasteiger partial charge on any atom is -0.315 e. The molecule has 0 bridgehead atoms. The molecule has 0 spiro atoms. The first-order valence-corrected chi connectivity index (χ1v) is 8.18. The molecule has 0 aliphatic heterocycles. The molecule has 1 N–H and O–H groups in total. The number of nitrogens with one attached hydrogen (secondary N) is 1. The fraction of sp³-hybridized carbons (Fsp3) is 1.00. The van der Waals surface area contributed by atoms with Crippen LogP contribution in [0.15, 0.2) is 0 Å². The number of hydrogen-bond donors (Lipinski definition) is 1. The summed E-state index contributed by atoms with van der Waals surface area (Å²) in [4.78, 5) is 2.56. The molecule has 2 nitrogen and oxygen atoms in total. The van der Waals surface area contributed by atoms with Crippen LogP contribution >= 0.6 is 0 Å². The zero-order chi connectivity index (χ0) is 13.2. The Morgan fingerprint density at radius 1 is 1.22 bits per heavy atom. The van der Waals surface area contributed by atoms with Crippen LogP contribution in [0.1, 0.15) is 65.2 Å². The second-order valence-corrected chi connectivity index (χ2v) is 6.04. The van der Waals surface area contributed by atoms with Crippen LogP contribution in [0, 0.1) is 5.92 Å². The molecule has 1 aliphatic carbocycles. The average Bonchev–Trinajstić information content (AvgIpc) is 2.91. The van der Waals surface area contributed by atoms with E-state index < -0.39 is 0 Å². The summed E-state index contributed by atoms with van der Waals surface area (Å²) >= 11 is 0. The summed E-state index contributed by atoms with van der Waals surface area (Å²) in [5, 5.41) is 3.66. The van der Waals surface area contributed by atoms with Gasteiger partial charge in [0.25, 0.3) is 0 Å². The first-order valence-electron chi connectivity index (χ1n) is 8.18. The maximum atomic E-state index is 3.66. The van der Waals surface area contributed by atoms with Gasteiger partial charge < -0.3 is 10.2 Å². The van der Waals surface area contributed by atoms with E-state index >= 15 is 0 Å². The Morgan fingerprint density at radius 2 is 1.94 bits per heavy atom. The van der Waals surface area contributed by atoms with Crippen molar-refractivity contribution in [2.45, 2.75) is 71.3 Å². The molecule has 1 fully saturated rings. The van der Waals surface area contributed by atoms with Crippen LogP contribution in [0.2, 0.25) is 0 Å². The fourth-order valence-electron chi connectivity index (χ4n) is 3.03. The normalized spacial score (nSPS) is 18.7. The smallest absolute Gasteiger partial charge is 0.0107 e. The Morgan fingerprint density at radius 3 is 2.56 bits per heavy atom. The Bertz CT molecular complexity index is 188. The molecule has 0 aromatic carbocycles. The van der Waals surface area contributed by atoms with Gasteiger partial charge in [0.2, 0.25) is 0 Å². The highest BCUT2D eigenvalue weighted by Crippen LogP contribution is 2.21.